The summed E-state index contributed by atoms with van der Waals surface area (Å²) >= 11 is 0. The molecule has 0 aliphatic carbocycles. The number of nitrogens with zero attached hydrogens (tertiary/aromatic N) is 1. The van der Waals surface area contributed by atoms with Gasteiger partial charge in [-0.2, -0.15) is 0 Å². The lowest BCUT2D eigenvalue weighted by Gasteiger charge is -2.30. The zero-order chi connectivity index (χ0) is 15.5. The second-order valence-electron chi connectivity index (χ2n) is 4.34. The Morgan fingerprint density at radius 2 is 1.95 bits per heavy atom. The van der Waals surface area contributed by atoms with E-state index >= 15 is 0 Å². The van der Waals surface area contributed by atoms with E-state index in [1.54, 1.807) is 6.92 Å². The second kappa shape index (κ2) is 10.4. The number of amides is 2. The lowest BCUT2D eigenvalue weighted by atomic mass is 10.2. The van der Waals surface area contributed by atoms with Crippen molar-refractivity contribution in [3.05, 3.63) is 0 Å². The van der Waals surface area contributed by atoms with Crippen LogP contribution in [-0.2, 0) is 14.3 Å². The highest BCUT2D eigenvalue weighted by atomic mass is 16.5. The summed E-state index contributed by atoms with van der Waals surface area (Å²) in [6.07, 6.45) is -0.0438. The van der Waals surface area contributed by atoms with E-state index < -0.39 is 18.0 Å². The highest BCUT2D eigenvalue weighted by molar-refractivity contribution is 5.82. The van der Waals surface area contributed by atoms with Gasteiger partial charge in [-0.3, -0.25) is 0 Å². The van der Waals surface area contributed by atoms with E-state index in [9.17, 15) is 9.59 Å². The van der Waals surface area contributed by atoms with E-state index in [0.717, 1.165) is 0 Å². The third-order valence-electron chi connectivity index (χ3n) is 2.75. The van der Waals surface area contributed by atoms with Crippen LogP contribution in [0.25, 0.3) is 0 Å². The molecule has 0 rings (SSSR count). The summed E-state index contributed by atoms with van der Waals surface area (Å²) in [6.45, 7) is 2.45. The third-order valence-corrected chi connectivity index (χ3v) is 2.75. The fraction of sp³-hybridized carbons (Fsp3) is 0.833. The minimum Gasteiger partial charge on any atom is -0.480 e. The number of carboxylic acid groups (broad SMARTS) is 1. The van der Waals surface area contributed by atoms with E-state index in [1.165, 1.54) is 19.1 Å². The van der Waals surface area contributed by atoms with E-state index in [1.807, 2.05) is 0 Å². The molecular formula is C12H24N2O6. The number of nitrogens with one attached hydrogen (secondary N) is 1. The number of rotatable bonds is 10. The van der Waals surface area contributed by atoms with Gasteiger partial charge in [0.2, 0.25) is 0 Å². The SMILES string of the molecule is COCCN(C(=O)N[C@@H](CCO)C(=O)O)C(C)COC. The smallest absolute Gasteiger partial charge is 0.326 e. The van der Waals surface area contributed by atoms with Gasteiger partial charge in [0.25, 0.3) is 0 Å². The lowest BCUT2D eigenvalue weighted by Crippen LogP contribution is -2.52. The van der Waals surface area contributed by atoms with Gasteiger partial charge in [-0.1, -0.05) is 0 Å². The zero-order valence-corrected chi connectivity index (χ0v) is 12.2. The molecule has 1 unspecified atom stereocenters. The Bertz CT molecular complexity index is 300. The van der Waals surface area contributed by atoms with E-state index in [-0.39, 0.29) is 19.1 Å². The van der Waals surface area contributed by atoms with Crippen molar-refractivity contribution in [1.82, 2.24) is 10.2 Å². The standard InChI is InChI=1S/C12H24N2O6/c1-9(8-20-3)14(5-7-19-2)12(18)13-10(4-6-15)11(16)17/h9-10,15H,4-8H2,1-3H3,(H,13,18)(H,16,17)/t9?,10-/m0/s1. The van der Waals surface area contributed by atoms with Crippen molar-refractivity contribution in [1.29, 1.82) is 0 Å². The predicted molar refractivity (Wildman–Crippen MR) is 71.6 cm³/mol. The van der Waals surface area contributed by atoms with Gasteiger partial charge >= 0.3 is 12.0 Å². The third kappa shape index (κ3) is 6.69. The second-order valence-corrected chi connectivity index (χ2v) is 4.34. The Kier molecular flexibility index (Phi) is 9.69. The minimum atomic E-state index is -1.18. The number of carbonyl (C=O) groups excluding carboxylic acids is 1. The molecule has 0 aromatic carbocycles. The molecular weight excluding hydrogens is 268 g/mol. The Balaban J connectivity index is 4.69. The monoisotopic (exact) mass is 292 g/mol. The number of aliphatic hydroxyl groups is 1. The van der Waals surface area contributed by atoms with Crippen LogP contribution in [0.2, 0.25) is 0 Å². The highest BCUT2D eigenvalue weighted by Crippen LogP contribution is 2.03. The molecule has 8 nitrogen and oxygen atoms in total. The number of aliphatic carboxylic acids is 1. The van der Waals surface area contributed by atoms with Gasteiger partial charge in [-0.05, 0) is 6.92 Å². The molecule has 2 atom stereocenters. The van der Waals surface area contributed by atoms with Crippen LogP contribution in [0.4, 0.5) is 4.79 Å². The first-order valence-electron chi connectivity index (χ1n) is 6.36. The summed E-state index contributed by atoms with van der Waals surface area (Å²) in [5.41, 5.74) is 0. The number of hydrogen-bond acceptors (Lipinski definition) is 5. The van der Waals surface area contributed by atoms with Crippen LogP contribution in [0.1, 0.15) is 13.3 Å². The van der Waals surface area contributed by atoms with Crippen LogP contribution in [0, 0.1) is 0 Å². The fourth-order valence-corrected chi connectivity index (χ4v) is 1.66. The minimum absolute atomic E-state index is 0.0438. The molecule has 0 aliphatic heterocycles. The van der Waals surface area contributed by atoms with Gasteiger partial charge in [0.05, 0.1) is 19.3 Å². The first-order chi connectivity index (χ1) is 9.47. The van der Waals surface area contributed by atoms with Crippen molar-refractivity contribution in [2.24, 2.45) is 0 Å². The number of hydrogen-bond donors (Lipinski definition) is 3. The molecule has 0 aliphatic rings. The molecule has 8 heteroatoms. The van der Waals surface area contributed by atoms with Crippen molar-refractivity contribution in [2.75, 3.05) is 40.6 Å². The lowest BCUT2D eigenvalue weighted by molar-refractivity contribution is -0.139. The molecule has 118 valence electrons. The predicted octanol–water partition coefficient (Wildman–Crippen LogP) is -0.485. The number of urea groups is 1. The van der Waals surface area contributed by atoms with Crippen LogP contribution in [0.5, 0.6) is 0 Å². The summed E-state index contributed by atoms with van der Waals surface area (Å²) < 4.78 is 9.93. The summed E-state index contributed by atoms with van der Waals surface area (Å²) in [5, 5.41) is 20.1. The van der Waals surface area contributed by atoms with Gasteiger partial charge in [0, 0.05) is 33.8 Å². The molecule has 0 fully saturated rings. The molecule has 0 aromatic rings. The molecule has 0 spiro atoms. The van der Waals surface area contributed by atoms with Crippen LogP contribution in [0.15, 0.2) is 0 Å². The number of methoxy groups -OCH3 is 2. The average molecular weight is 292 g/mol. The van der Waals surface area contributed by atoms with Crippen LogP contribution < -0.4 is 5.32 Å². The summed E-state index contributed by atoms with van der Waals surface area (Å²) in [5.74, 6) is -1.18. The van der Waals surface area contributed by atoms with Gasteiger partial charge in [0.15, 0.2) is 0 Å². The summed E-state index contributed by atoms with van der Waals surface area (Å²) in [4.78, 5) is 24.5. The largest absolute Gasteiger partial charge is 0.480 e. The normalized spacial score (nSPS) is 13.6. The molecule has 0 saturated carbocycles. The molecule has 0 saturated heterocycles. The van der Waals surface area contributed by atoms with Crippen molar-refractivity contribution in [3.63, 3.8) is 0 Å². The van der Waals surface area contributed by atoms with Gasteiger partial charge in [-0.15, -0.1) is 0 Å². The van der Waals surface area contributed by atoms with Gasteiger partial charge in [-0.25, -0.2) is 9.59 Å². The topological polar surface area (TPSA) is 108 Å². The van der Waals surface area contributed by atoms with E-state index in [2.05, 4.69) is 5.32 Å². The maximum absolute atomic E-state index is 12.1. The molecule has 3 N–H and O–H groups in total. The summed E-state index contributed by atoms with van der Waals surface area (Å²) in [6, 6.07) is -1.86. The average Bonchev–Trinajstić information content (AvgIpc) is 2.38. The molecule has 0 bridgehead atoms. The van der Waals surface area contributed by atoms with Crippen LogP contribution in [-0.4, -0.2) is 79.8 Å². The van der Waals surface area contributed by atoms with Crippen molar-refractivity contribution < 1.29 is 29.3 Å². The molecule has 0 radical (unpaired) electrons. The van der Waals surface area contributed by atoms with Crippen molar-refractivity contribution in [3.8, 4) is 0 Å². The Labute approximate surface area is 118 Å². The quantitative estimate of drug-likeness (QED) is 0.501. The van der Waals surface area contributed by atoms with Gasteiger partial charge in [0.1, 0.15) is 6.04 Å². The number of ether oxygens (including phenoxy) is 2. The van der Waals surface area contributed by atoms with E-state index in [4.69, 9.17) is 19.7 Å². The first-order valence-corrected chi connectivity index (χ1v) is 6.36. The van der Waals surface area contributed by atoms with Crippen LogP contribution >= 0.6 is 0 Å². The highest BCUT2D eigenvalue weighted by Gasteiger charge is 2.25. The Hall–Kier alpha value is -1.38. The first kappa shape index (κ1) is 18.6. The molecule has 20 heavy (non-hydrogen) atoms. The fourth-order valence-electron chi connectivity index (χ4n) is 1.66. The molecule has 0 heterocycles. The maximum Gasteiger partial charge on any atom is 0.326 e. The number of aliphatic hydroxyl groups excluding tert-OH is 1. The number of carboxylic acids is 1. The Morgan fingerprint density at radius 1 is 1.30 bits per heavy atom. The summed E-state index contributed by atoms with van der Waals surface area (Å²) in [7, 11) is 3.04. The van der Waals surface area contributed by atoms with Crippen LogP contribution in [0.3, 0.4) is 0 Å². The maximum atomic E-state index is 12.1. The van der Waals surface area contributed by atoms with Gasteiger partial charge < -0.3 is 29.9 Å². The molecule has 0 aromatic heterocycles. The van der Waals surface area contributed by atoms with E-state index in [0.29, 0.717) is 19.8 Å². The zero-order valence-electron chi connectivity index (χ0n) is 12.2. The Morgan fingerprint density at radius 3 is 2.40 bits per heavy atom. The molecule has 2 amide bonds. The van der Waals surface area contributed by atoms with Crippen molar-refractivity contribution >= 4 is 12.0 Å². The number of carbonyl (C=O) groups is 2. The van der Waals surface area contributed by atoms with Crippen molar-refractivity contribution in [2.45, 2.75) is 25.4 Å².